The first kappa shape index (κ1) is 23.3. The lowest BCUT2D eigenvalue weighted by atomic mass is 10.1. The maximum atomic E-state index is 13.0. The number of benzene rings is 2. The van der Waals surface area contributed by atoms with Crippen LogP contribution in [0.15, 0.2) is 47.4 Å². The Morgan fingerprint density at radius 1 is 1.13 bits per heavy atom. The summed E-state index contributed by atoms with van der Waals surface area (Å²) in [5.74, 6) is -0.0989. The third-order valence-corrected chi connectivity index (χ3v) is 8.44. The van der Waals surface area contributed by atoms with E-state index in [0.29, 0.717) is 30.5 Å². The summed E-state index contributed by atoms with van der Waals surface area (Å²) >= 11 is 0. The van der Waals surface area contributed by atoms with Crippen molar-refractivity contribution in [3.63, 3.8) is 0 Å². The molecule has 3 rings (SSSR count). The smallest absolute Gasteiger partial charge is 0.339 e. The highest BCUT2D eigenvalue weighted by molar-refractivity contribution is 7.91. The van der Waals surface area contributed by atoms with E-state index in [2.05, 4.69) is 0 Å². The fourth-order valence-corrected chi connectivity index (χ4v) is 6.66. The molecule has 1 saturated heterocycles. The average Bonchev–Trinajstić information content (AvgIpc) is 3.07. The van der Waals surface area contributed by atoms with Crippen LogP contribution in [0.4, 0.5) is 0 Å². The van der Waals surface area contributed by atoms with Gasteiger partial charge in [0.25, 0.3) is 5.91 Å². The molecule has 1 aliphatic rings. The number of carbonyl (C=O) groups is 1. The van der Waals surface area contributed by atoms with Crippen LogP contribution >= 0.6 is 0 Å². The third-order valence-electron chi connectivity index (χ3n) is 5.29. The lowest BCUT2D eigenvalue weighted by Gasteiger charge is -2.28. The largest absolute Gasteiger partial charge is 0.379 e. The summed E-state index contributed by atoms with van der Waals surface area (Å²) in [6, 6.07) is 10.6. The van der Waals surface area contributed by atoms with Crippen LogP contribution < -0.4 is 4.18 Å². The van der Waals surface area contributed by atoms with Crippen molar-refractivity contribution in [1.82, 2.24) is 4.90 Å². The number of hydrogen-bond donors (Lipinski definition) is 0. The second-order valence-electron chi connectivity index (χ2n) is 7.89. The quantitative estimate of drug-likeness (QED) is 0.583. The van der Waals surface area contributed by atoms with E-state index < -0.39 is 20.0 Å². The molecule has 2 aromatic rings. The molecule has 0 spiro atoms. The van der Waals surface area contributed by atoms with Gasteiger partial charge >= 0.3 is 10.1 Å². The molecule has 168 valence electrons. The predicted octanol–water partition coefficient (Wildman–Crippen LogP) is 3.11. The van der Waals surface area contributed by atoms with E-state index in [1.807, 2.05) is 13.0 Å². The lowest BCUT2D eigenvalue weighted by molar-refractivity contribution is 0.0697. The van der Waals surface area contributed by atoms with E-state index in [0.717, 1.165) is 5.56 Å². The van der Waals surface area contributed by atoms with Gasteiger partial charge in [-0.05, 0) is 68.1 Å². The van der Waals surface area contributed by atoms with Crippen LogP contribution in [0.25, 0.3) is 0 Å². The molecule has 1 atom stereocenters. The highest BCUT2D eigenvalue weighted by Gasteiger charge is 2.34. The van der Waals surface area contributed by atoms with E-state index in [1.54, 1.807) is 30.9 Å². The van der Waals surface area contributed by atoms with Crippen molar-refractivity contribution in [2.24, 2.45) is 0 Å². The van der Waals surface area contributed by atoms with Gasteiger partial charge in [-0.2, -0.15) is 8.42 Å². The van der Waals surface area contributed by atoms with Crippen molar-refractivity contribution in [1.29, 1.82) is 0 Å². The van der Waals surface area contributed by atoms with Gasteiger partial charge in [0.05, 0.1) is 11.5 Å². The van der Waals surface area contributed by atoms with Gasteiger partial charge in [0.2, 0.25) is 0 Å². The Hall–Kier alpha value is -2.39. The first-order valence-electron chi connectivity index (χ1n) is 10.2. The van der Waals surface area contributed by atoms with E-state index in [1.165, 1.54) is 24.3 Å². The summed E-state index contributed by atoms with van der Waals surface area (Å²) in [4.78, 5) is 14.7. The summed E-state index contributed by atoms with van der Waals surface area (Å²) in [6.07, 6.45) is 1.14. The zero-order chi connectivity index (χ0) is 22.8. The Balaban J connectivity index is 1.78. The van der Waals surface area contributed by atoms with Gasteiger partial charge in [0, 0.05) is 18.2 Å². The van der Waals surface area contributed by atoms with Crippen LogP contribution in [0.5, 0.6) is 5.75 Å². The van der Waals surface area contributed by atoms with Crippen molar-refractivity contribution >= 4 is 25.9 Å². The molecule has 0 saturated carbocycles. The zero-order valence-electron chi connectivity index (χ0n) is 17.9. The topological polar surface area (TPSA) is 97.8 Å². The Morgan fingerprint density at radius 3 is 2.39 bits per heavy atom. The van der Waals surface area contributed by atoms with Crippen LogP contribution in [0.1, 0.15) is 41.3 Å². The molecule has 1 unspecified atom stereocenters. The Labute approximate surface area is 184 Å². The molecule has 1 fully saturated rings. The second-order valence-corrected chi connectivity index (χ2v) is 11.6. The number of nitrogens with zero attached hydrogens (tertiary/aromatic N) is 1. The van der Waals surface area contributed by atoms with Gasteiger partial charge in [-0.15, -0.1) is 0 Å². The van der Waals surface area contributed by atoms with Crippen LogP contribution in [-0.4, -0.2) is 51.7 Å². The first-order valence-corrected chi connectivity index (χ1v) is 13.4. The molecular weight excluding hydrogens is 438 g/mol. The van der Waals surface area contributed by atoms with Gasteiger partial charge < -0.3 is 9.08 Å². The summed E-state index contributed by atoms with van der Waals surface area (Å²) in [6.45, 7) is 5.89. The molecule has 9 heteroatoms. The maximum Gasteiger partial charge on any atom is 0.339 e. The number of aryl methyl sites for hydroxylation is 2. The number of carbonyl (C=O) groups excluding carboxylic acids is 1. The summed E-state index contributed by atoms with van der Waals surface area (Å²) in [5.41, 5.74) is 1.74. The van der Waals surface area contributed by atoms with Gasteiger partial charge in [0.1, 0.15) is 10.6 Å². The second kappa shape index (κ2) is 9.00. The molecule has 1 amide bonds. The summed E-state index contributed by atoms with van der Waals surface area (Å²) < 4.78 is 54.3. The van der Waals surface area contributed by atoms with Crippen LogP contribution in [-0.2, 0) is 20.0 Å². The fraction of sp³-hybridized carbons (Fsp3) is 0.409. The van der Waals surface area contributed by atoms with Crippen molar-refractivity contribution in [2.75, 3.05) is 18.1 Å². The fourth-order valence-electron chi connectivity index (χ4n) is 3.68. The molecular formula is C22H27NO6S2. The Kier molecular flexibility index (Phi) is 6.76. The average molecular weight is 466 g/mol. The van der Waals surface area contributed by atoms with Crippen LogP contribution in [0.2, 0.25) is 0 Å². The van der Waals surface area contributed by atoms with Gasteiger partial charge in [-0.25, -0.2) is 8.42 Å². The standard InChI is InChI=1S/C22H27NO6S2/c1-4-12-23(19-11-13-30(25,26)15-19)22(24)18-7-9-20(10-8-18)29-31(27,28)21-14-16(2)5-6-17(21)3/h5-10,14,19H,4,11-13,15H2,1-3H3. The summed E-state index contributed by atoms with van der Waals surface area (Å²) in [5, 5.41) is 0. The molecule has 0 N–H and O–H groups in total. The predicted molar refractivity (Wildman–Crippen MR) is 119 cm³/mol. The molecule has 7 nitrogen and oxygen atoms in total. The van der Waals surface area contributed by atoms with Crippen molar-refractivity contribution in [2.45, 2.75) is 44.6 Å². The number of amides is 1. The molecule has 31 heavy (non-hydrogen) atoms. The highest BCUT2D eigenvalue weighted by atomic mass is 32.2. The van der Waals surface area contributed by atoms with Crippen LogP contribution in [0.3, 0.4) is 0 Å². The number of sulfone groups is 1. The highest BCUT2D eigenvalue weighted by Crippen LogP contribution is 2.24. The SMILES string of the molecule is CCCN(C(=O)c1ccc(OS(=O)(=O)c2cc(C)ccc2C)cc1)C1CCS(=O)(=O)C1. The van der Waals surface area contributed by atoms with Gasteiger partial charge in [-0.3, -0.25) is 4.79 Å². The summed E-state index contributed by atoms with van der Waals surface area (Å²) in [7, 11) is -7.13. The third kappa shape index (κ3) is 5.46. The zero-order valence-corrected chi connectivity index (χ0v) is 19.5. The van der Waals surface area contributed by atoms with Crippen molar-refractivity contribution in [3.05, 3.63) is 59.2 Å². The molecule has 1 heterocycles. The van der Waals surface area contributed by atoms with Crippen molar-refractivity contribution < 1.29 is 25.8 Å². The monoisotopic (exact) mass is 465 g/mol. The lowest BCUT2D eigenvalue weighted by Crippen LogP contribution is -2.41. The Bertz CT molecular complexity index is 1170. The minimum atomic E-state index is -4.01. The van der Waals surface area contributed by atoms with E-state index >= 15 is 0 Å². The Morgan fingerprint density at radius 2 is 1.81 bits per heavy atom. The number of hydrogen-bond acceptors (Lipinski definition) is 6. The van der Waals surface area contributed by atoms with E-state index in [9.17, 15) is 21.6 Å². The molecule has 0 radical (unpaired) electrons. The minimum Gasteiger partial charge on any atom is -0.379 e. The van der Waals surface area contributed by atoms with Crippen LogP contribution in [0, 0.1) is 13.8 Å². The van der Waals surface area contributed by atoms with Crippen molar-refractivity contribution in [3.8, 4) is 5.75 Å². The maximum absolute atomic E-state index is 13.0. The van der Waals surface area contributed by atoms with E-state index in [-0.39, 0.29) is 34.1 Å². The minimum absolute atomic E-state index is 0.0198. The van der Waals surface area contributed by atoms with E-state index in [4.69, 9.17) is 4.18 Å². The molecule has 0 aromatic heterocycles. The van der Waals surface area contributed by atoms with Gasteiger partial charge in [-0.1, -0.05) is 19.1 Å². The molecule has 1 aliphatic heterocycles. The van der Waals surface area contributed by atoms with Gasteiger partial charge in [0.15, 0.2) is 9.84 Å². The molecule has 0 bridgehead atoms. The normalized spacial score (nSPS) is 18.0. The molecule has 2 aromatic carbocycles. The first-order chi connectivity index (χ1) is 14.5. The molecule has 0 aliphatic carbocycles. The number of rotatable bonds is 7.